The molecule has 0 aliphatic carbocycles. The van der Waals surface area contributed by atoms with Gasteiger partial charge in [0.25, 0.3) is 5.90 Å². The number of ether oxygens (including phenoxy) is 2. The van der Waals surface area contributed by atoms with Crippen LogP contribution in [0.15, 0.2) is 47.5 Å². The SMILES string of the molecule is CNC(=O)/C(=N/CO)Oc1cc(Oc2ccccc2C)ccc1C. The Morgan fingerprint density at radius 2 is 1.83 bits per heavy atom. The highest BCUT2D eigenvalue weighted by Gasteiger charge is 2.14. The van der Waals surface area contributed by atoms with Gasteiger partial charge in [0.15, 0.2) is 0 Å². The first-order chi connectivity index (χ1) is 11.5. The van der Waals surface area contributed by atoms with Crippen LogP contribution < -0.4 is 14.8 Å². The molecule has 0 fully saturated rings. The molecule has 24 heavy (non-hydrogen) atoms. The fraction of sp³-hybridized carbons (Fsp3) is 0.222. The van der Waals surface area contributed by atoms with Gasteiger partial charge in [-0.1, -0.05) is 24.3 Å². The highest BCUT2D eigenvalue weighted by atomic mass is 16.5. The minimum absolute atomic E-state index is 0.212. The Hall–Kier alpha value is -2.86. The average Bonchev–Trinajstić information content (AvgIpc) is 2.58. The Morgan fingerprint density at radius 1 is 1.12 bits per heavy atom. The Labute approximate surface area is 140 Å². The van der Waals surface area contributed by atoms with Crippen molar-refractivity contribution < 1.29 is 19.4 Å². The average molecular weight is 328 g/mol. The molecular formula is C18H20N2O4. The highest BCUT2D eigenvalue weighted by Crippen LogP contribution is 2.29. The molecule has 2 N–H and O–H groups in total. The number of amides is 1. The lowest BCUT2D eigenvalue weighted by Crippen LogP contribution is -2.32. The Morgan fingerprint density at radius 3 is 2.50 bits per heavy atom. The van der Waals surface area contributed by atoms with E-state index < -0.39 is 12.6 Å². The van der Waals surface area contributed by atoms with Gasteiger partial charge in [-0.25, -0.2) is 4.99 Å². The summed E-state index contributed by atoms with van der Waals surface area (Å²) in [4.78, 5) is 15.4. The van der Waals surface area contributed by atoms with Crippen LogP contribution in [-0.2, 0) is 4.79 Å². The van der Waals surface area contributed by atoms with Crippen molar-refractivity contribution in [2.45, 2.75) is 13.8 Å². The summed E-state index contributed by atoms with van der Waals surface area (Å²) in [5, 5.41) is 11.4. The zero-order valence-corrected chi connectivity index (χ0v) is 13.9. The summed E-state index contributed by atoms with van der Waals surface area (Å²) in [6.07, 6.45) is 0. The van der Waals surface area contributed by atoms with E-state index in [0.717, 1.165) is 16.9 Å². The van der Waals surface area contributed by atoms with E-state index in [-0.39, 0.29) is 5.90 Å². The number of carbonyl (C=O) groups excluding carboxylic acids is 1. The van der Waals surface area contributed by atoms with E-state index in [1.165, 1.54) is 7.05 Å². The number of aliphatic imine (C=N–C) groups is 1. The minimum atomic E-state index is -0.540. The molecule has 6 heteroatoms. The summed E-state index contributed by atoms with van der Waals surface area (Å²) in [5.41, 5.74) is 1.81. The maximum Gasteiger partial charge on any atom is 0.306 e. The quantitative estimate of drug-likeness (QED) is 0.668. The molecule has 2 rings (SSSR count). The molecule has 0 radical (unpaired) electrons. The van der Waals surface area contributed by atoms with Crippen molar-refractivity contribution in [3.05, 3.63) is 53.6 Å². The number of carbonyl (C=O) groups is 1. The van der Waals surface area contributed by atoms with Crippen molar-refractivity contribution in [1.82, 2.24) is 5.32 Å². The van der Waals surface area contributed by atoms with Crippen LogP contribution in [-0.4, -0.2) is 30.7 Å². The molecule has 0 aliphatic rings. The second kappa shape index (κ2) is 8.12. The molecule has 0 aliphatic heterocycles. The number of benzene rings is 2. The van der Waals surface area contributed by atoms with Crippen LogP contribution in [0.4, 0.5) is 0 Å². The normalized spacial score (nSPS) is 11.1. The van der Waals surface area contributed by atoms with E-state index in [0.29, 0.717) is 11.5 Å². The summed E-state index contributed by atoms with van der Waals surface area (Å²) in [5.74, 6) is 1.01. The third kappa shape index (κ3) is 4.33. The minimum Gasteiger partial charge on any atom is -0.457 e. The van der Waals surface area contributed by atoms with Gasteiger partial charge in [-0.3, -0.25) is 4.79 Å². The number of nitrogens with one attached hydrogen (secondary N) is 1. The molecular weight excluding hydrogens is 308 g/mol. The number of aliphatic hydroxyl groups excluding tert-OH is 1. The van der Waals surface area contributed by atoms with Crippen LogP contribution in [0, 0.1) is 13.8 Å². The number of hydrogen-bond donors (Lipinski definition) is 2. The summed E-state index contributed by atoms with van der Waals surface area (Å²) in [6.45, 7) is 3.26. The van der Waals surface area contributed by atoms with Crippen LogP contribution in [0.5, 0.6) is 17.2 Å². The van der Waals surface area contributed by atoms with E-state index in [9.17, 15) is 4.79 Å². The highest BCUT2D eigenvalue weighted by molar-refractivity contribution is 6.35. The molecule has 0 saturated heterocycles. The zero-order valence-electron chi connectivity index (χ0n) is 13.9. The van der Waals surface area contributed by atoms with Gasteiger partial charge >= 0.3 is 5.91 Å². The largest absolute Gasteiger partial charge is 0.457 e. The van der Waals surface area contributed by atoms with E-state index >= 15 is 0 Å². The summed E-state index contributed by atoms with van der Waals surface area (Å²) < 4.78 is 11.4. The van der Waals surface area contributed by atoms with Crippen molar-refractivity contribution in [2.75, 3.05) is 13.8 Å². The second-order valence-corrected chi connectivity index (χ2v) is 5.08. The Bertz CT molecular complexity index is 756. The second-order valence-electron chi connectivity index (χ2n) is 5.08. The van der Waals surface area contributed by atoms with Gasteiger partial charge < -0.3 is 19.9 Å². The van der Waals surface area contributed by atoms with Gasteiger partial charge in [-0.15, -0.1) is 0 Å². The Balaban J connectivity index is 2.27. The molecule has 0 atom stereocenters. The first-order valence-corrected chi connectivity index (χ1v) is 7.44. The molecule has 2 aromatic carbocycles. The first-order valence-electron chi connectivity index (χ1n) is 7.44. The van der Waals surface area contributed by atoms with Crippen molar-refractivity contribution in [2.24, 2.45) is 4.99 Å². The van der Waals surface area contributed by atoms with Gasteiger partial charge in [-0.2, -0.15) is 0 Å². The molecule has 2 aromatic rings. The van der Waals surface area contributed by atoms with Gasteiger partial charge in [0.1, 0.15) is 24.0 Å². The van der Waals surface area contributed by atoms with Crippen molar-refractivity contribution in [3.8, 4) is 17.2 Å². The van der Waals surface area contributed by atoms with Crippen LogP contribution in [0.1, 0.15) is 11.1 Å². The number of nitrogens with zero attached hydrogens (tertiary/aromatic N) is 1. The van der Waals surface area contributed by atoms with Crippen molar-refractivity contribution >= 4 is 11.8 Å². The summed E-state index contributed by atoms with van der Waals surface area (Å²) >= 11 is 0. The zero-order chi connectivity index (χ0) is 17.5. The molecule has 0 unspecified atom stereocenters. The fourth-order valence-corrected chi connectivity index (χ4v) is 1.98. The lowest BCUT2D eigenvalue weighted by molar-refractivity contribution is -0.115. The van der Waals surface area contributed by atoms with E-state index in [4.69, 9.17) is 14.6 Å². The van der Waals surface area contributed by atoms with Crippen molar-refractivity contribution in [3.63, 3.8) is 0 Å². The van der Waals surface area contributed by atoms with Crippen molar-refractivity contribution in [1.29, 1.82) is 0 Å². The van der Waals surface area contributed by atoms with E-state index in [1.807, 2.05) is 50.2 Å². The van der Waals surface area contributed by atoms with E-state index in [1.54, 1.807) is 6.07 Å². The van der Waals surface area contributed by atoms with E-state index in [2.05, 4.69) is 10.3 Å². The number of rotatable bonds is 4. The fourth-order valence-electron chi connectivity index (χ4n) is 1.98. The number of likely N-dealkylation sites (N-methyl/N-ethyl adjacent to an activating group) is 1. The third-order valence-corrected chi connectivity index (χ3v) is 3.32. The third-order valence-electron chi connectivity index (χ3n) is 3.32. The summed E-state index contributed by atoms with van der Waals surface area (Å²) in [7, 11) is 1.46. The summed E-state index contributed by atoms with van der Waals surface area (Å²) in [6, 6.07) is 13.0. The predicted molar refractivity (Wildman–Crippen MR) is 91.6 cm³/mol. The molecule has 0 aromatic heterocycles. The maximum atomic E-state index is 11.7. The lowest BCUT2D eigenvalue weighted by Gasteiger charge is -2.13. The molecule has 0 spiro atoms. The number of para-hydroxylation sites is 1. The topological polar surface area (TPSA) is 80.2 Å². The van der Waals surface area contributed by atoms with Gasteiger partial charge in [0.05, 0.1) is 0 Å². The molecule has 0 heterocycles. The Kier molecular flexibility index (Phi) is 5.92. The molecule has 0 bridgehead atoms. The van der Waals surface area contributed by atoms with Crippen LogP contribution in [0.25, 0.3) is 0 Å². The molecule has 6 nitrogen and oxygen atoms in total. The van der Waals surface area contributed by atoms with Gasteiger partial charge in [0.2, 0.25) is 0 Å². The van der Waals surface area contributed by atoms with Crippen LogP contribution >= 0.6 is 0 Å². The molecule has 0 saturated carbocycles. The maximum absolute atomic E-state index is 11.7. The molecule has 126 valence electrons. The molecule has 1 amide bonds. The smallest absolute Gasteiger partial charge is 0.306 e. The predicted octanol–water partition coefficient (Wildman–Crippen LogP) is 2.57. The van der Waals surface area contributed by atoms with Crippen LogP contribution in [0.2, 0.25) is 0 Å². The van der Waals surface area contributed by atoms with Gasteiger partial charge in [-0.05, 0) is 37.1 Å². The first kappa shape index (κ1) is 17.5. The monoisotopic (exact) mass is 328 g/mol. The van der Waals surface area contributed by atoms with Gasteiger partial charge in [0, 0.05) is 13.1 Å². The number of aryl methyl sites for hydroxylation is 2. The lowest BCUT2D eigenvalue weighted by atomic mass is 10.2. The number of aliphatic hydroxyl groups is 1. The van der Waals surface area contributed by atoms with Crippen LogP contribution in [0.3, 0.4) is 0 Å². The number of hydrogen-bond acceptors (Lipinski definition) is 5. The standard InChI is InChI=1S/C18H20N2O4/c1-12-6-4-5-7-15(12)23-14-9-8-13(2)16(10-14)24-18(20-11-21)17(22)19-3/h4-10,21H,11H2,1-3H3,(H,19,22)/b20-18-.